The number of carbonyl (C=O) groups is 2. The zero-order chi connectivity index (χ0) is 20.2. The van der Waals surface area contributed by atoms with Gasteiger partial charge in [0.15, 0.2) is 6.10 Å². The largest absolute Gasteiger partial charge is 0.451 e. The molecule has 0 aliphatic rings. The molecule has 1 atom stereocenters. The third-order valence-electron chi connectivity index (χ3n) is 3.74. The Kier molecular flexibility index (Phi) is 6.04. The van der Waals surface area contributed by atoms with Gasteiger partial charge >= 0.3 is 12.1 Å². The third-order valence-corrected chi connectivity index (χ3v) is 3.74. The molecule has 0 aliphatic carbocycles. The summed E-state index contributed by atoms with van der Waals surface area (Å²) in [5.41, 5.74) is -1.28. The van der Waals surface area contributed by atoms with Crippen LogP contribution in [0, 0.1) is 0 Å². The first-order chi connectivity index (χ1) is 12.6. The molecular weight excluding hydrogens is 365 g/mol. The van der Waals surface area contributed by atoms with Crippen LogP contribution in [-0.2, 0) is 27.0 Å². The summed E-state index contributed by atoms with van der Waals surface area (Å²) < 4.78 is 43.7. The number of para-hydroxylation sites is 1. The van der Waals surface area contributed by atoms with Crippen molar-refractivity contribution in [2.45, 2.75) is 25.7 Å². The monoisotopic (exact) mass is 382 g/mol. The first-order valence-corrected chi connectivity index (χ1v) is 7.89. The number of esters is 1. The number of nitrogens with zero attached hydrogens (tertiary/aromatic N) is 2. The van der Waals surface area contributed by atoms with Crippen molar-refractivity contribution < 1.29 is 27.5 Å². The fourth-order valence-electron chi connectivity index (χ4n) is 2.30. The number of carbonyl (C=O) groups excluding carboxylic acids is 2. The van der Waals surface area contributed by atoms with E-state index in [0.29, 0.717) is 28.6 Å². The Balaban J connectivity index is 2.05. The summed E-state index contributed by atoms with van der Waals surface area (Å²) in [5.74, 6) is -1.52. The second-order valence-electron chi connectivity index (χ2n) is 5.75. The van der Waals surface area contributed by atoms with Crippen LogP contribution in [0.3, 0.4) is 0 Å². The number of amides is 1. The van der Waals surface area contributed by atoms with Gasteiger partial charge < -0.3 is 14.2 Å². The fraction of sp³-hybridized carbons (Fsp3) is 0.278. The van der Waals surface area contributed by atoms with Crippen LogP contribution in [0.4, 0.5) is 18.9 Å². The quantitative estimate of drug-likeness (QED) is 0.745. The maximum atomic E-state index is 12.7. The van der Waals surface area contributed by atoms with Crippen LogP contribution in [0.15, 0.2) is 53.5 Å². The minimum atomic E-state index is -4.65. The molecule has 27 heavy (non-hydrogen) atoms. The highest BCUT2D eigenvalue weighted by Gasteiger charge is 2.31. The summed E-state index contributed by atoms with van der Waals surface area (Å²) >= 11 is 0. The molecule has 0 bridgehead atoms. The first kappa shape index (κ1) is 20.2. The van der Waals surface area contributed by atoms with E-state index >= 15 is 0 Å². The van der Waals surface area contributed by atoms with Gasteiger partial charge in [0.25, 0.3) is 11.5 Å². The van der Waals surface area contributed by atoms with Crippen LogP contribution in [0.2, 0.25) is 0 Å². The first-order valence-electron chi connectivity index (χ1n) is 7.89. The molecule has 0 radical (unpaired) electrons. The molecular formula is C18H17F3N2O4. The lowest BCUT2D eigenvalue weighted by Crippen LogP contribution is -2.38. The number of hydrogen-bond acceptors (Lipinski definition) is 4. The molecule has 1 aromatic carbocycles. The summed E-state index contributed by atoms with van der Waals surface area (Å²) in [5, 5.41) is 0. The maximum absolute atomic E-state index is 12.7. The van der Waals surface area contributed by atoms with Gasteiger partial charge in [0.05, 0.1) is 5.56 Å². The Labute approximate surface area is 152 Å². The highest BCUT2D eigenvalue weighted by atomic mass is 19.4. The highest BCUT2D eigenvalue weighted by Crippen LogP contribution is 2.28. The van der Waals surface area contributed by atoms with Crippen LogP contribution in [0.1, 0.15) is 12.5 Å². The molecule has 0 fully saturated rings. The molecule has 0 saturated carbocycles. The number of hydrogen-bond donors (Lipinski definition) is 0. The standard InChI is InChI=1S/C18H17F3N2O4/c1-12(17(26)22(2)14-6-4-3-5-7-14)27-16(25)11-23-10-13(18(19,20)21)8-9-15(23)24/h3-10,12H,11H2,1-2H3/t12-/m1/s1. The lowest BCUT2D eigenvalue weighted by Gasteiger charge is -2.21. The highest BCUT2D eigenvalue weighted by molar-refractivity contribution is 5.96. The smallest absolute Gasteiger partial charge is 0.417 e. The van der Waals surface area contributed by atoms with E-state index in [9.17, 15) is 27.6 Å². The van der Waals surface area contributed by atoms with Crippen molar-refractivity contribution in [1.82, 2.24) is 4.57 Å². The number of anilines is 1. The van der Waals surface area contributed by atoms with Gasteiger partial charge in [0.1, 0.15) is 6.54 Å². The number of alkyl halides is 3. The van der Waals surface area contributed by atoms with Crippen LogP contribution < -0.4 is 10.5 Å². The lowest BCUT2D eigenvalue weighted by molar-refractivity contribution is -0.154. The summed E-state index contributed by atoms with van der Waals surface area (Å²) in [6.45, 7) is 0.601. The van der Waals surface area contributed by atoms with Crippen molar-refractivity contribution >= 4 is 17.6 Å². The van der Waals surface area contributed by atoms with Gasteiger partial charge in [-0.2, -0.15) is 13.2 Å². The topological polar surface area (TPSA) is 68.6 Å². The van der Waals surface area contributed by atoms with Crippen molar-refractivity contribution in [3.05, 3.63) is 64.6 Å². The molecule has 6 nitrogen and oxygen atoms in total. The maximum Gasteiger partial charge on any atom is 0.417 e. The Bertz CT molecular complexity index is 878. The summed E-state index contributed by atoms with van der Waals surface area (Å²) in [6, 6.07) is 9.96. The summed E-state index contributed by atoms with van der Waals surface area (Å²) in [7, 11) is 1.50. The second kappa shape index (κ2) is 8.07. The van der Waals surface area contributed by atoms with Crippen molar-refractivity contribution in [2.75, 3.05) is 11.9 Å². The molecule has 1 heterocycles. The van der Waals surface area contributed by atoms with E-state index in [1.165, 1.54) is 18.9 Å². The predicted molar refractivity (Wildman–Crippen MR) is 91.1 cm³/mol. The van der Waals surface area contributed by atoms with Crippen LogP contribution in [0.5, 0.6) is 0 Å². The van der Waals surface area contributed by atoms with E-state index in [2.05, 4.69) is 0 Å². The van der Waals surface area contributed by atoms with Gasteiger partial charge in [-0.25, -0.2) is 0 Å². The van der Waals surface area contributed by atoms with Gasteiger partial charge in [0.2, 0.25) is 0 Å². The van der Waals surface area contributed by atoms with Gasteiger partial charge in [-0.05, 0) is 25.1 Å². The Hall–Kier alpha value is -3.10. The SMILES string of the molecule is C[C@@H](OC(=O)Cn1cc(C(F)(F)F)ccc1=O)C(=O)N(C)c1ccccc1. The Morgan fingerprint density at radius 1 is 1.15 bits per heavy atom. The number of halogens is 3. The summed E-state index contributed by atoms with van der Waals surface area (Å²) in [4.78, 5) is 37.2. The number of likely N-dealkylation sites (N-methyl/N-ethyl adjacent to an activating group) is 1. The Morgan fingerprint density at radius 3 is 2.37 bits per heavy atom. The van der Waals surface area contributed by atoms with E-state index in [4.69, 9.17) is 4.74 Å². The zero-order valence-electron chi connectivity index (χ0n) is 14.6. The molecule has 1 aromatic heterocycles. The molecule has 2 rings (SSSR count). The molecule has 0 saturated heterocycles. The van der Waals surface area contributed by atoms with Gasteiger partial charge in [-0.1, -0.05) is 18.2 Å². The van der Waals surface area contributed by atoms with Crippen molar-refractivity contribution in [3.8, 4) is 0 Å². The fourth-order valence-corrected chi connectivity index (χ4v) is 2.30. The Morgan fingerprint density at radius 2 is 1.78 bits per heavy atom. The third kappa shape index (κ3) is 5.19. The number of aromatic nitrogens is 1. The molecule has 9 heteroatoms. The van der Waals surface area contributed by atoms with E-state index in [1.54, 1.807) is 30.3 Å². The number of benzene rings is 1. The van der Waals surface area contributed by atoms with E-state index in [-0.39, 0.29) is 0 Å². The predicted octanol–water partition coefficient (Wildman–Crippen LogP) is 2.46. The van der Waals surface area contributed by atoms with E-state index in [0.717, 1.165) is 0 Å². The minimum absolute atomic E-state index is 0.522. The zero-order valence-corrected chi connectivity index (χ0v) is 14.6. The van der Waals surface area contributed by atoms with E-state index < -0.39 is 41.8 Å². The molecule has 0 aliphatic heterocycles. The van der Waals surface area contributed by atoms with Gasteiger partial charge in [-0.3, -0.25) is 14.4 Å². The average molecular weight is 382 g/mol. The van der Waals surface area contributed by atoms with Crippen molar-refractivity contribution in [1.29, 1.82) is 0 Å². The number of ether oxygens (including phenoxy) is 1. The molecule has 0 spiro atoms. The van der Waals surface area contributed by atoms with Crippen molar-refractivity contribution in [3.63, 3.8) is 0 Å². The lowest BCUT2D eigenvalue weighted by atomic mass is 10.2. The van der Waals surface area contributed by atoms with Crippen LogP contribution in [0.25, 0.3) is 0 Å². The summed E-state index contributed by atoms with van der Waals surface area (Å²) in [6.07, 6.45) is -5.29. The normalized spacial score (nSPS) is 12.3. The molecule has 0 unspecified atom stereocenters. The molecule has 0 N–H and O–H groups in total. The number of pyridine rings is 1. The molecule has 1 amide bonds. The number of rotatable bonds is 5. The second-order valence-corrected chi connectivity index (χ2v) is 5.75. The van der Waals surface area contributed by atoms with Crippen LogP contribution in [-0.4, -0.2) is 29.6 Å². The average Bonchev–Trinajstić information content (AvgIpc) is 2.62. The minimum Gasteiger partial charge on any atom is -0.451 e. The van der Waals surface area contributed by atoms with Gasteiger partial charge in [-0.15, -0.1) is 0 Å². The molecule has 2 aromatic rings. The molecule has 144 valence electrons. The van der Waals surface area contributed by atoms with Crippen molar-refractivity contribution in [2.24, 2.45) is 0 Å². The van der Waals surface area contributed by atoms with Gasteiger partial charge in [0, 0.05) is 25.0 Å². The van der Waals surface area contributed by atoms with E-state index in [1.807, 2.05) is 0 Å². The van der Waals surface area contributed by atoms with Crippen LogP contribution >= 0.6 is 0 Å².